The minimum Gasteiger partial charge on any atom is -0.508 e. The van der Waals surface area contributed by atoms with Gasteiger partial charge in [-0.2, -0.15) is 0 Å². The number of benzene rings is 4. The van der Waals surface area contributed by atoms with Crippen molar-refractivity contribution in [3.8, 4) is 69.0 Å². The fourth-order valence-electron chi connectivity index (χ4n) is 4.00. The van der Waals surface area contributed by atoms with E-state index < -0.39 is 51.7 Å². The zero-order chi connectivity index (χ0) is 42.9. The van der Waals surface area contributed by atoms with Crippen LogP contribution in [0.5, 0.6) is 69.0 Å². The highest BCUT2D eigenvalue weighted by Gasteiger charge is 2.13. The van der Waals surface area contributed by atoms with E-state index >= 15 is 0 Å². The number of amidine groups is 4. The molecule has 24 nitrogen and oxygen atoms in total. The number of aromatic hydroxyl groups is 12. The molecule has 0 aliphatic carbocycles. The molecule has 0 saturated heterocycles. The number of nitrogens with two attached hydrogens (primary N) is 4. The highest BCUT2D eigenvalue weighted by Crippen LogP contribution is 2.38. The normalized spacial score (nSPS) is 11.6. The van der Waals surface area contributed by atoms with E-state index in [-0.39, 0.29) is 83.0 Å². The van der Waals surface area contributed by atoms with Gasteiger partial charge in [-0.25, -0.2) is 0 Å². The first-order valence-electron chi connectivity index (χ1n) is 15.0. The third-order valence-electron chi connectivity index (χ3n) is 6.69. The molecular formula is C32H40N8O16. The molecule has 0 radical (unpaired) electrons. The predicted octanol–water partition coefficient (Wildman–Crippen LogP) is 0.369. The fourth-order valence-corrected chi connectivity index (χ4v) is 4.00. The van der Waals surface area contributed by atoms with Gasteiger partial charge in [0.2, 0.25) is 5.75 Å². The first-order chi connectivity index (χ1) is 26.2. The van der Waals surface area contributed by atoms with Crippen molar-refractivity contribution in [2.24, 2.45) is 43.6 Å². The molecule has 0 aliphatic rings. The van der Waals surface area contributed by atoms with Gasteiger partial charge in [-0.05, 0) is 35.9 Å². The molecule has 4 rings (SSSR count). The Bertz CT molecular complexity index is 2050. The fraction of sp³-hybridized carbons (Fsp3) is 0.125. The Balaban J connectivity index is 0.000000373. The van der Waals surface area contributed by atoms with Gasteiger partial charge in [-0.3, -0.25) is 0 Å². The number of rotatable bonds is 8. The number of phenols is 12. The molecule has 0 aliphatic heterocycles. The Morgan fingerprint density at radius 1 is 0.357 bits per heavy atom. The second-order valence-electron chi connectivity index (χ2n) is 10.9. The SMILES string of the molecule is NC(Cc1cc(O)c(O)c(O)c1)=NO.NC(Cc1cc(O)c(O)cc1O)=NO.NC(Cc1cc(O)cc(O)c1O)=NO.NC(Cc1ccc(O)c(O)c1O)=NO. The number of hydrogen-bond acceptors (Lipinski definition) is 20. The summed E-state index contributed by atoms with van der Waals surface area (Å²) in [5.74, 6) is -5.50. The van der Waals surface area contributed by atoms with Gasteiger partial charge in [-0.1, -0.05) is 26.7 Å². The maximum atomic E-state index is 9.32. The molecule has 0 unspecified atom stereocenters. The Hall–Kier alpha value is -8.44. The summed E-state index contributed by atoms with van der Waals surface area (Å²) >= 11 is 0. The van der Waals surface area contributed by atoms with Crippen LogP contribution in [0.3, 0.4) is 0 Å². The van der Waals surface area contributed by atoms with E-state index in [9.17, 15) is 15.3 Å². The minimum absolute atomic E-state index is 0.0177. The second-order valence-corrected chi connectivity index (χ2v) is 10.9. The molecule has 56 heavy (non-hydrogen) atoms. The maximum absolute atomic E-state index is 9.32. The van der Waals surface area contributed by atoms with Gasteiger partial charge in [0.15, 0.2) is 51.7 Å². The summed E-state index contributed by atoms with van der Waals surface area (Å²) in [5.41, 5.74) is 22.0. The van der Waals surface area contributed by atoms with Crippen molar-refractivity contribution in [2.45, 2.75) is 25.7 Å². The molecule has 24 N–H and O–H groups in total. The van der Waals surface area contributed by atoms with Gasteiger partial charge in [0.05, 0.1) is 0 Å². The monoisotopic (exact) mass is 792 g/mol. The topological polar surface area (TPSA) is 477 Å². The molecule has 0 amide bonds. The molecule has 0 aromatic heterocycles. The lowest BCUT2D eigenvalue weighted by Crippen LogP contribution is -2.14. The van der Waals surface area contributed by atoms with Gasteiger partial charge in [-0.15, -0.1) is 0 Å². The van der Waals surface area contributed by atoms with Crippen LogP contribution in [0.2, 0.25) is 0 Å². The summed E-state index contributed by atoms with van der Waals surface area (Å²) in [6.07, 6.45) is -0.0332. The summed E-state index contributed by atoms with van der Waals surface area (Å²) in [6.45, 7) is 0. The van der Waals surface area contributed by atoms with E-state index in [2.05, 4.69) is 20.6 Å². The molecule has 0 bridgehead atoms. The van der Waals surface area contributed by atoms with Crippen LogP contribution in [0, 0.1) is 0 Å². The Kier molecular flexibility index (Phi) is 17.2. The van der Waals surface area contributed by atoms with Crippen molar-refractivity contribution < 1.29 is 82.1 Å². The van der Waals surface area contributed by atoms with Crippen LogP contribution in [0.1, 0.15) is 22.3 Å². The molecular weight excluding hydrogens is 752 g/mol. The van der Waals surface area contributed by atoms with Gasteiger partial charge < -0.3 is 105 Å². The predicted molar refractivity (Wildman–Crippen MR) is 194 cm³/mol. The van der Waals surface area contributed by atoms with Crippen LogP contribution >= 0.6 is 0 Å². The third kappa shape index (κ3) is 13.9. The maximum Gasteiger partial charge on any atom is 0.200 e. The Morgan fingerprint density at radius 2 is 0.786 bits per heavy atom. The quantitative estimate of drug-likeness (QED) is 0.0286. The largest absolute Gasteiger partial charge is 0.508 e. The summed E-state index contributed by atoms with van der Waals surface area (Å²) in [5, 5.41) is 154. The van der Waals surface area contributed by atoms with Gasteiger partial charge >= 0.3 is 0 Å². The van der Waals surface area contributed by atoms with Crippen LogP contribution in [-0.4, -0.2) is 105 Å². The van der Waals surface area contributed by atoms with Crippen LogP contribution in [0.25, 0.3) is 0 Å². The smallest absolute Gasteiger partial charge is 0.200 e. The first kappa shape index (κ1) is 45.6. The van der Waals surface area contributed by atoms with Crippen molar-refractivity contribution in [2.75, 3.05) is 0 Å². The van der Waals surface area contributed by atoms with Crippen molar-refractivity contribution in [3.63, 3.8) is 0 Å². The summed E-state index contributed by atoms with van der Waals surface area (Å²) in [4.78, 5) is 0. The third-order valence-corrected chi connectivity index (χ3v) is 6.69. The Morgan fingerprint density at radius 3 is 1.29 bits per heavy atom. The van der Waals surface area contributed by atoms with Gasteiger partial charge in [0.1, 0.15) is 34.8 Å². The van der Waals surface area contributed by atoms with E-state index in [1.54, 1.807) is 0 Å². The van der Waals surface area contributed by atoms with Crippen LogP contribution in [-0.2, 0) is 25.7 Å². The Labute approximate surface area is 314 Å². The van der Waals surface area contributed by atoms with Gasteiger partial charge in [0, 0.05) is 54.5 Å². The zero-order valence-electron chi connectivity index (χ0n) is 28.7. The molecule has 24 heteroatoms. The minimum atomic E-state index is -0.617. The first-order valence-corrected chi connectivity index (χ1v) is 15.0. The van der Waals surface area contributed by atoms with Crippen LogP contribution < -0.4 is 22.9 Å². The van der Waals surface area contributed by atoms with E-state index in [4.69, 9.17) is 89.7 Å². The standard InChI is InChI=1S/4C8H10N2O4/c9-8(10-14)2-4-1-6(12)7(13)3-5(4)11;9-7(10-14)2-4-1-5(11)3-6(12)8(4)13;9-7(10-14)3-4-1-5(11)8(13)6(12)2-4;9-6(10-14)3-4-1-2-5(11)8(13)7(4)12/h2*1,3,11-14H,2H2,(H2,9,10);2*1-2,11-14H,3H2,(H2,9,10). The number of oxime groups is 4. The number of nitrogens with zero attached hydrogens (tertiary/aromatic N) is 4. The van der Waals surface area contributed by atoms with Crippen LogP contribution in [0.15, 0.2) is 69.2 Å². The highest BCUT2D eigenvalue weighted by atomic mass is 16.4. The molecule has 304 valence electrons. The van der Waals surface area contributed by atoms with Crippen molar-refractivity contribution >= 4 is 23.3 Å². The van der Waals surface area contributed by atoms with Gasteiger partial charge in [0.25, 0.3) is 0 Å². The number of phenolic OH excluding ortho intramolecular Hbond substituents is 12. The molecule has 0 atom stereocenters. The van der Waals surface area contributed by atoms with E-state index in [1.165, 1.54) is 30.3 Å². The van der Waals surface area contributed by atoms with Crippen molar-refractivity contribution in [1.29, 1.82) is 0 Å². The summed E-state index contributed by atoms with van der Waals surface area (Å²) in [6, 6.07) is 9.33. The number of hydrogen-bond donors (Lipinski definition) is 20. The average molecular weight is 793 g/mol. The molecule has 0 fully saturated rings. The van der Waals surface area contributed by atoms with Crippen molar-refractivity contribution in [1.82, 2.24) is 0 Å². The summed E-state index contributed by atoms with van der Waals surface area (Å²) in [7, 11) is 0. The lowest BCUT2D eigenvalue weighted by Gasteiger charge is -2.06. The lowest BCUT2D eigenvalue weighted by atomic mass is 10.1. The van der Waals surface area contributed by atoms with Crippen molar-refractivity contribution in [3.05, 3.63) is 70.8 Å². The molecule has 4 aromatic carbocycles. The lowest BCUT2D eigenvalue weighted by molar-refractivity contribution is 0.317. The zero-order valence-corrected chi connectivity index (χ0v) is 28.7. The van der Waals surface area contributed by atoms with E-state index in [0.717, 1.165) is 18.2 Å². The van der Waals surface area contributed by atoms with Crippen LogP contribution in [0.4, 0.5) is 0 Å². The second kappa shape index (κ2) is 21.2. The molecule has 0 saturated carbocycles. The highest BCUT2D eigenvalue weighted by molar-refractivity contribution is 5.84. The molecule has 0 heterocycles. The molecule has 0 spiro atoms. The average Bonchev–Trinajstić information content (AvgIpc) is 3.15. The van der Waals surface area contributed by atoms with E-state index in [0.29, 0.717) is 5.56 Å². The summed E-state index contributed by atoms with van der Waals surface area (Å²) < 4.78 is 0. The van der Waals surface area contributed by atoms with E-state index in [1.807, 2.05) is 0 Å². The molecule has 4 aromatic rings.